The lowest BCUT2D eigenvalue weighted by atomic mass is 9.94. The number of hydrogen-bond acceptors (Lipinski definition) is 4. The van der Waals surface area contributed by atoms with Crippen LogP contribution in [0.2, 0.25) is 0 Å². The van der Waals surface area contributed by atoms with Crippen molar-refractivity contribution in [3.05, 3.63) is 57.9 Å². The van der Waals surface area contributed by atoms with E-state index >= 15 is 0 Å². The first kappa shape index (κ1) is 15.6. The van der Waals surface area contributed by atoms with E-state index in [0.717, 1.165) is 46.0 Å². The highest BCUT2D eigenvalue weighted by molar-refractivity contribution is 5.90. The third-order valence-corrected chi connectivity index (χ3v) is 4.78. The minimum absolute atomic E-state index is 0.0194. The molecule has 0 saturated heterocycles. The largest absolute Gasteiger partial charge is 0.475 e. The average Bonchev–Trinajstić information content (AvgIpc) is 3.10. The number of fused-ring (bicyclic) bond motifs is 3. The van der Waals surface area contributed by atoms with Gasteiger partial charge in [0.1, 0.15) is 5.76 Å². The zero-order valence-electron chi connectivity index (χ0n) is 14.5. The first-order chi connectivity index (χ1) is 11.9. The highest BCUT2D eigenvalue weighted by Gasteiger charge is 2.29. The molecule has 6 nitrogen and oxygen atoms in total. The van der Waals surface area contributed by atoms with Crippen LogP contribution in [0.3, 0.4) is 0 Å². The van der Waals surface area contributed by atoms with E-state index in [2.05, 4.69) is 11.1 Å². The predicted molar refractivity (Wildman–Crippen MR) is 91.8 cm³/mol. The van der Waals surface area contributed by atoms with Crippen molar-refractivity contribution in [1.82, 2.24) is 14.8 Å². The van der Waals surface area contributed by atoms with Crippen LogP contribution in [-0.4, -0.2) is 25.8 Å². The molecule has 3 aromatic rings. The van der Waals surface area contributed by atoms with Crippen molar-refractivity contribution >= 4 is 5.97 Å². The molecule has 25 heavy (non-hydrogen) atoms. The van der Waals surface area contributed by atoms with Crippen LogP contribution < -0.4 is 0 Å². The molecule has 0 radical (unpaired) electrons. The lowest BCUT2D eigenvalue weighted by Gasteiger charge is -2.09. The molecule has 1 aliphatic carbocycles. The van der Waals surface area contributed by atoms with Gasteiger partial charge in [-0.1, -0.05) is 6.07 Å². The van der Waals surface area contributed by atoms with E-state index in [0.29, 0.717) is 18.5 Å². The van der Waals surface area contributed by atoms with E-state index in [1.807, 2.05) is 30.8 Å². The summed E-state index contributed by atoms with van der Waals surface area (Å²) in [6, 6.07) is 4.08. The Morgan fingerprint density at radius 1 is 1.28 bits per heavy atom. The zero-order chi connectivity index (χ0) is 17.7. The van der Waals surface area contributed by atoms with Crippen molar-refractivity contribution in [2.45, 2.75) is 40.2 Å². The van der Waals surface area contributed by atoms with Crippen LogP contribution in [0.4, 0.5) is 0 Å². The average molecular weight is 337 g/mol. The van der Waals surface area contributed by atoms with E-state index in [4.69, 9.17) is 9.52 Å². The van der Waals surface area contributed by atoms with Crippen molar-refractivity contribution < 1.29 is 14.3 Å². The Hall–Kier alpha value is -2.89. The summed E-state index contributed by atoms with van der Waals surface area (Å²) in [4.78, 5) is 15.8. The molecule has 128 valence electrons. The number of carbonyl (C=O) groups is 1. The van der Waals surface area contributed by atoms with E-state index in [1.54, 1.807) is 6.92 Å². The number of aromatic nitrogens is 3. The first-order valence-corrected chi connectivity index (χ1v) is 8.29. The molecular weight excluding hydrogens is 318 g/mol. The van der Waals surface area contributed by atoms with Gasteiger partial charge in [0.05, 0.1) is 12.2 Å². The van der Waals surface area contributed by atoms with Crippen LogP contribution in [-0.2, 0) is 19.4 Å². The molecule has 6 heteroatoms. The van der Waals surface area contributed by atoms with Gasteiger partial charge in [0.2, 0.25) is 5.76 Å². The topological polar surface area (TPSA) is 81.2 Å². The van der Waals surface area contributed by atoms with Gasteiger partial charge in [-0.15, -0.1) is 0 Å². The second-order valence-corrected chi connectivity index (χ2v) is 6.56. The zero-order valence-corrected chi connectivity index (χ0v) is 14.5. The van der Waals surface area contributed by atoms with Gasteiger partial charge in [-0.2, -0.15) is 5.10 Å². The molecule has 0 fully saturated rings. The third-order valence-electron chi connectivity index (χ3n) is 4.78. The van der Waals surface area contributed by atoms with E-state index in [-0.39, 0.29) is 5.76 Å². The maximum absolute atomic E-state index is 11.3. The second kappa shape index (κ2) is 5.58. The fourth-order valence-corrected chi connectivity index (χ4v) is 3.51. The number of carboxylic acids is 1. The van der Waals surface area contributed by atoms with Gasteiger partial charge in [0.25, 0.3) is 0 Å². The Morgan fingerprint density at radius 2 is 2.08 bits per heavy atom. The summed E-state index contributed by atoms with van der Waals surface area (Å²) in [5, 5.41) is 14.0. The maximum Gasteiger partial charge on any atom is 0.372 e. The van der Waals surface area contributed by atoms with Crippen molar-refractivity contribution in [3.63, 3.8) is 0 Å². The summed E-state index contributed by atoms with van der Waals surface area (Å²) in [5.74, 6) is -0.291. The van der Waals surface area contributed by atoms with Gasteiger partial charge >= 0.3 is 5.97 Å². The van der Waals surface area contributed by atoms with Crippen LogP contribution in [0.15, 0.2) is 22.7 Å². The van der Waals surface area contributed by atoms with Crippen LogP contribution >= 0.6 is 0 Å². The molecule has 0 aromatic carbocycles. The van der Waals surface area contributed by atoms with Crippen molar-refractivity contribution in [1.29, 1.82) is 0 Å². The van der Waals surface area contributed by atoms with Gasteiger partial charge in [0.15, 0.2) is 0 Å². The molecule has 1 aliphatic rings. The quantitative estimate of drug-likeness (QED) is 0.793. The molecule has 1 N–H and O–H groups in total. The van der Waals surface area contributed by atoms with Crippen LogP contribution in [0.25, 0.3) is 11.3 Å². The molecule has 0 atom stereocenters. The molecule has 3 aromatic heterocycles. The van der Waals surface area contributed by atoms with Gasteiger partial charge in [0, 0.05) is 35.1 Å². The number of rotatable bonds is 3. The maximum atomic E-state index is 11.3. The van der Waals surface area contributed by atoms with Crippen LogP contribution in [0.1, 0.15) is 44.4 Å². The highest BCUT2D eigenvalue weighted by atomic mass is 16.4. The first-order valence-electron chi connectivity index (χ1n) is 8.29. The molecule has 0 bridgehead atoms. The normalized spacial score (nSPS) is 12.8. The number of furan rings is 1. The Balaban J connectivity index is 1.74. The fourth-order valence-electron chi connectivity index (χ4n) is 3.51. The van der Waals surface area contributed by atoms with Gasteiger partial charge in [-0.3, -0.25) is 9.67 Å². The molecule has 0 amide bonds. The highest BCUT2D eigenvalue weighted by Crippen LogP contribution is 2.38. The number of nitrogens with zero attached hydrogens (tertiary/aromatic N) is 3. The molecular formula is C19H19N3O3. The molecule has 3 heterocycles. The summed E-state index contributed by atoms with van der Waals surface area (Å²) < 4.78 is 7.46. The van der Waals surface area contributed by atoms with E-state index < -0.39 is 5.97 Å². The summed E-state index contributed by atoms with van der Waals surface area (Å²) in [6.45, 7) is 6.41. The van der Waals surface area contributed by atoms with Crippen LogP contribution in [0.5, 0.6) is 0 Å². The number of hydrogen-bond donors (Lipinski definition) is 1. The summed E-state index contributed by atoms with van der Waals surface area (Å²) in [5.41, 5.74) is 6.60. The lowest BCUT2D eigenvalue weighted by molar-refractivity contribution is 0.0659. The predicted octanol–water partition coefficient (Wildman–Crippen LogP) is 3.31. The Kier molecular flexibility index (Phi) is 3.49. The van der Waals surface area contributed by atoms with Gasteiger partial charge in [-0.25, -0.2) is 4.79 Å². The Morgan fingerprint density at radius 3 is 2.80 bits per heavy atom. The van der Waals surface area contributed by atoms with Crippen LogP contribution in [0, 0.1) is 20.8 Å². The monoisotopic (exact) mass is 337 g/mol. The fraction of sp³-hybridized carbons (Fsp3) is 0.316. The van der Waals surface area contributed by atoms with Crippen molar-refractivity contribution in [2.75, 3.05) is 0 Å². The lowest BCUT2D eigenvalue weighted by Crippen LogP contribution is -2.04. The summed E-state index contributed by atoms with van der Waals surface area (Å²) in [6.07, 6.45) is 3.55. The van der Waals surface area contributed by atoms with Crippen molar-refractivity contribution in [3.8, 4) is 11.3 Å². The molecule has 0 spiro atoms. The number of pyridine rings is 1. The Bertz CT molecular complexity index is 998. The third kappa shape index (κ3) is 2.54. The van der Waals surface area contributed by atoms with E-state index in [9.17, 15) is 9.90 Å². The Labute approximate surface area is 145 Å². The number of carboxylic acid groups (broad SMARTS) is 1. The van der Waals surface area contributed by atoms with Crippen molar-refractivity contribution in [2.24, 2.45) is 0 Å². The smallest absolute Gasteiger partial charge is 0.372 e. The number of aromatic carboxylic acids is 1. The van der Waals surface area contributed by atoms with E-state index in [1.165, 1.54) is 0 Å². The standard InChI is InChI=1S/C19H19N3O3/c1-10-4-5-13(12(3)20-10)8-22-9-14-6-7-15-16(17(14)21-22)11(2)18(25-15)19(23)24/h4-5,9H,6-8H2,1-3H3,(H,23,24). The molecule has 0 unspecified atom stereocenters. The molecule has 4 rings (SSSR count). The minimum atomic E-state index is -1.03. The minimum Gasteiger partial charge on any atom is -0.475 e. The van der Waals surface area contributed by atoms with Gasteiger partial charge in [-0.05, 0) is 44.4 Å². The second-order valence-electron chi connectivity index (χ2n) is 6.56. The van der Waals surface area contributed by atoms with Gasteiger partial charge < -0.3 is 9.52 Å². The molecule has 0 saturated carbocycles. The summed E-state index contributed by atoms with van der Waals surface area (Å²) >= 11 is 0. The number of aryl methyl sites for hydroxylation is 4. The molecule has 0 aliphatic heterocycles. The SMILES string of the molecule is Cc1ccc(Cn2cc3c(n2)-c2c(oc(C(=O)O)c2C)CC3)c(C)n1. The summed E-state index contributed by atoms with van der Waals surface area (Å²) in [7, 11) is 0.